The third-order valence-electron chi connectivity index (χ3n) is 10.6. The monoisotopic (exact) mass is 664 g/mol. The van der Waals surface area contributed by atoms with Crippen molar-refractivity contribution in [3.05, 3.63) is 205 Å². The van der Waals surface area contributed by atoms with E-state index in [9.17, 15) is 0 Å². The largest absolute Gasteiger partial charge is 0.310 e. The van der Waals surface area contributed by atoms with E-state index in [1.165, 1.54) is 71.7 Å². The van der Waals surface area contributed by atoms with E-state index in [4.69, 9.17) is 0 Å². The summed E-state index contributed by atoms with van der Waals surface area (Å²) in [5.74, 6) is 0. The summed E-state index contributed by atoms with van der Waals surface area (Å²) in [6.07, 6.45) is 4.48. The Morgan fingerprint density at radius 2 is 1.08 bits per heavy atom. The number of anilines is 2. The highest BCUT2D eigenvalue weighted by atomic mass is 15.2. The molecule has 1 aromatic heterocycles. The molecular formula is C50H36N2. The molecule has 0 bridgehead atoms. The van der Waals surface area contributed by atoms with Gasteiger partial charge in [0, 0.05) is 39.1 Å². The molecule has 0 atom stereocenters. The average Bonchev–Trinajstić information content (AvgIpc) is 3.57. The van der Waals surface area contributed by atoms with Crippen LogP contribution in [0.15, 0.2) is 194 Å². The molecular weight excluding hydrogens is 629 g/mol. The summed E-state index contributed by atoms with van der Waals surface area (Å²) in [5.41, 5.74) is 14.6. The summed E-state index contributed by atoms with van der Waals surface area (Å²) >= 11 is 0. The molecule has 2 heteroatoms. The van der Waals surface area contributed by atoms with Gasteiger partial charge in [-0.15, -0.1) is 0 Å². The van der Waals surface area contributed by atoms with Crippen molar-refractivity contribution in [1.82, 2.24) is 4.57 Å². The van der Waals surface area contributed by atoms with Crippen molar-refractivity contribution < 1.29 is 0 Å². The number of nitrogens with zero attached hydrogens (tertiary/aromatic N) is 2. The summed E-state index contributed by atoms with van der Waals surface area (Å²) in [4.78, 5) is 2.47. The molecule has 10 rings (SSSR count). The first-order valence-corrected chi connectivity index (χ1v) is 18.2. The van der Waals surface area contributed by atoms with E-state index in [0.29, 0.717) is 0 Å². The Morgan fingerprint density at radius 3 is 1.92 bits per heavy atom. The van der Waals surface area contributed by atoms with Gasteiger partial charge in [-0.3, -0.25) is 0 Å². The molecule has 0 fully saturated rings. The van der Waals surface area contributed by atoms with Crippen molar-refractivity contribution in [1.29, 1.82) is 0 Å². The second kappa shape index (κ2) is 12.6. The molecule has 1 heterocycles. The van der Waals surface area contributed by atoms with Crippen LogP contribution in [0.5, 0.6) is 0 Å². The van der Waals surface area contributed by atoms with E-state index in [1.807, 2.05) is 0 Å². The number of aromatic nitrogens is 1. The minimum atomic E-state index is 1.01. The van der Waals surface area contributed by atoms with Crippen LogP contribution in [0.3, 0.4) is 0 Å². The fourth-order valence-electron chi connectivity index (χ4n) is 8.29. The lowest BCUT2D eigenvalue weighted by Crippen LogP contribution is -2.18. The van der Waals surface area contributed by atoms with Crippen LogP contribution in [-0.4, -0.2) is 4.57 Å². The number of benzene rings is 8. The van der Waals surface area contributed by atoms with Gasteiger partial charge in [0.15, 0.2) is 0 Å². The lowest BCUT2D eigenvalue weighted by molar-refractivity contribution is 0.968. The first-order chi connectivity index (χ1) is 25.8. The molecule has 0 aliphatic heterocycles. The maximum Gasteiger partial charge on any atom is 0.0547 e. The maximum absolute atomic E-state index is 2.47. The highest BCUT2D eigenvalue weighted by Gasteiger charge is 2.23. The van der Waals surface area contributed by atoms with E-state index in [0.717, 1.165) is 29.9 Å². The Labute approximate surface area is 304 Å². The Kier molecular flexibility index (Phi) is 7.32. The second-order valence-electron chi connectivity index (χ2n) is 13.6. The van der Waals surface area contributed by atoms with Crippen LogP contribution in [0, 0.1) is 0 Å². The summed E-state index contributed by atoms with van der Waals surface area (Å²) < 4.78 is 2.43. The Hall–Kier alpha value is -6.64. The molecule has 8 aromatic carbocycles. The number of allylic oxidation sites excluding steroid dienone is 1. The summed E-state index contributed by atoms with van der Waals surface area (Å²) in [6.45, 7) is 0. The zero-order chi connectivity index (χ0) is 34.4. The van der Waals surface area contributed by atoms with Gasteiger partial charge >= 0.3 is 0 Å². The maximum atomic E-state index is 2.47. The molecule has 1 aliphatic carbocycles. The van der Waals surface area contributed by atoms with Crippen molar-refractivity contribution in [2.24, 2.45) is 0 Å². The van der Waals surface area contributed by atoms with Crippen molar-refractivity contribution in [2.75, 3.05) is 4.90 Å². The van der Waals surface area contributed by atoms with Crippen molar-refractivity contribution >= 4 is 49.7 Å². The van der Waals surface area contributed by atoms with E-state index in [2.05, 4.69) is 204 Å². The normalized spacial score (nSPS) is 12.6. The minimum absolute atomic E-state index is 1.01. The van der Waals surface area contributed by atoms with Crippen LogP contribution in [0.25, 0.3) is 66.2 Å². The predicted molar refractivity (Wildman–Crippen MR) is 220 cm³/mol. The quantitative estimate of drug-likeness (QED) is 0.172. The van der Waals surface area contributed by atoms with Gasteiger partial charge in [0.05, 0.1) is 11.0 Å². The molecule has 9 aromatic rings. The lowest BCUT2D eigenvalue weighted by atomic mass is 9.92. The van der Waals surface area contributed by atoms with E-state index in [-0.39, 0.29) is 0 Å². The number of hydrogen-bond acceptors (Lipinski definition) is 1. The van der Waals surface area contributed by atoms with Crippen LogP contribution in [-0.2, 0) is 6.42 Å². The molecule has 0 spiro atoms. The van der Waals surface area contributed by atoms with Gasteiger partial charge in [0.1, 0.15) is 0 Å². The van der Waals surface area contributed by atoms with Crippen molar-refractivity contribution in [3.63, 3.8) is 0 Å². The summed E-state index contributed by atoms with van der Waals surface area (Å²) in [6, 6.07) is 68.6. The van der Waals surface area contributed by atoms with Gasteiger partial charge in [-0.25, -0.2) is 0 Å². The molecule has 0 radical (unpaired) electrons. The van der Waals surface area contributed by atoms with Crippen LogP contribution >= 0.6 is 0 Å². The SMILES string of the molecule is C1=C(N(c2cccc(-c3ccccc3)c2)c2cccc(-c3cccc4c3c3c5ccccc5ccc3n4-c3ccccc3)c2)c2ccccc2CC1. The van der Waals surface area contributed by atoms with Gasteiger partial charge < -0.3 is 9.47 Å². The van der Waals surface area contributed by atoms with Gasteiger partial charge in [0.25, 0.3) is 0 Å². The first-order valence-electron chi connectivity index (χ1n) is 18.2. The lowest BCUT2D eigenvalue weighted by Gasteiger charge is -2.32. The first kappa shape index (κ1) is 30.2. The third kappa shape index (κ3) is 5.03. The Morgan fingerprint density at radius 1 is 0.442 bits per heavy atom. The third-order valence-corrected chi connectivity index (χ3v) is 10.6. The van der Waals surface area contributed by atoms with Crippen molar-refractivity contribution in [3.8, 4) is 27.9 Å². The van der Waals surface area contributed by atoms with Gasteiger partial charge in [-0.2, -0.15) is 0 Å². The zero-order valence-electron chi connectivity index (χ0n) is 28.8. The summed E-state index contributed by atoms with van der Waals surface area (Å²) in [5, 5.41) is 5.08. The average molecular weight is 665 g/mol. The predicted octanol–water partition coefficient (Wildman–Crippen LogP) is 13.4. The van der Waals surface area contributed by atoms with E-state index in [1.54, 1.807) is 0 Å². The fourth-order valence-corrected chi connectivity index (χ4v) is 8.29. The van der Waals surface area contributed by atoms with Crippen LogP contribution < -0.4 is 4.90 Å². The molecule has 0 unspecified atom stereocenters. The number of fused-ring (bicyclic) bond motifs is 6. The topological polar surface area (TPSA) is 8.17 Å². The molecule has 2 nitrogen and oxygen atoms in total. The fraction of sp³-hybridized carbons (Fsp3) is 0.0400. The number of hydrogen-bond donors (Lipinski definition) is 0. The number of para-hydroxylation sites is 1. The number of aryl methyl sites for hydroxylation is 1. The minimum Gasteiger partial charge on any atom is -0.310 e. The highest BCUT2D eigenvalue weighted by Crippen LogP contribution is 2.44. The van der Waals surface area contributed by atoms with Crippen LogP contribution in [0.4, 0.5) is 11.4 Å². The van der Waals surface area contributed by atoms with E-state index >= 15 is 0 Å². The summed E-state index contributed by atoms with van der Waals surface area (Å²) in [7, 11) is 0. The molecule has 0 amide bonds. The second-order valence-corrected chi connectivity index (χ2v) is 13.6. The van der Waals surface area contributed by atoms with Crippen molar-refractivity contribution in [2.45, 2.75) is 12.8 Å². The zero-order valence-corrected chi connectivity index (χ0v) is 28.8. The standard InChI is InChI=1S/C50H36N2/c1-3-15-35(16-4-1)38-20-11-24-41(33-38)51(46-29-13-19-36-17-7-9-26-43(36)46)42-25-12-21-39(34-42)45-28-14-30-47-50(45)49-44-27-10-8-18-37(44)31-32-48(49)52(47)40-22-5-2-6-23-40/h1-12,14-18,20-34H,13,19H2. The molecule has 246 valence electrons. The van der Waals surface area contributed by atoms with Gasteiger partial charge in [-0.1, -0.05) is 146 Å². The smallest absolute Gasteiger partial charge is 0.0547 e. The Bertz CT molecular complexity index is 2790. The molecule has 1 aliphatic rings. The van der Waals surface area contributed by atoms with E-state index < -0.39 is 0 Å². The molecule has 52 heavy (non-hydrogen) atoms. The molecule has 0 N–H and O–H groups in total. The number of rotatable bonds is 6. The highest BCUT2D eigenvalue weighted by molar-refractivity contribution is 6.25. The van der Waals surface area contributed by atoms with Crippen LogP contribution in [0.2, 0.25) is 0 Å². The van der Waals surface area contributed by atoms with Gasteiger partial charge in [0.2, 0.25) is 0 Å². The Balaban J connectivity index is 1.21. The van der Waals surface area contributed by atoms with Gasteiger partial charge in [-0.05, 0) is 100.0 Å². The van der Waals surface area contributed by atoms with Crippen LogP contribution in [0.1, 0.15) is 17.5 Å². The molecule has 0 saturated carbocycles. The molecule has 0 saturated heterocycles.